The van der Waals surface area contributed by atoms with Crippen molar-refractivity contribution in [1.82, 2.24) is 39.0 Å². The number of hydrogen-bond acceptors (Lipinski definition) is 11. The number of nitrogens with one attached hydrogen (secondary N) is 1. The van der Waals surface area contributed by atoms with E-state index in [-0.39, 0.29) is 58.9 Å². The van der Waals surface area contributed by atoms with Gasteiger partial charge in [0.1, 0.15) is 25.3 Å². The first-order valence-electron chi connectivity index (χ1n) is 21.7. The molecule has 1 spiro atoms. The van der Waals surface area contributed by atoms with Crippen LogP contribution in [-0.2, 0) is 29.5 Å². The molecule has 1 unspecified atom stereocenters. The number of carbonyl (C=O) groups excluding carboxylic acids is 2. The fraction of sp³-hybridized carbons (Fsp3) is 0.383. The number of aryl methyl sites for hydroxylation is 2. The van der Waals surface area contributed by atoms with Crippen LogP contribution in [0.15, 0.2) is 71.8 Å². The summed E-state index contributed by atoms with van der Waals surface area (Å²) >= 11 is 6.25. The summed E-state index contributed by atoms with van der Waals surface area (Å²) in [5, 5.41) is 16.5. The summed E-state index contributed by atoms with van der Waals surface area (Å²) in [6.07, 6.45) is -0.425. The molecule has 15 nitrogen and oxygen atoms in total. The number of carbonyl (C=O) groups is 2. The first-order chi connectivity index (χ1) is 31.6. The van der Waals surface area contributed by atoms with E-state index in [0.29, 0.717) is 79.4 Å². The predicted molar refractivity (Wildman–Crippen MR) is 238 cm³/mol. The van der Waals surface area contributed by atoms with Gasteiger partial charge in [0.2, 0.25) is 11.7 Å². The lowest BCUT2D eigenvalue weighted by molar-refractivity contribution is -0.137. The Balaban J connectivity index is 1.05. The average molecular weight is 920 g/mol. The number of nitriles is 1. The zero-order chi connectivity index (χ0) is 46.5. The maximum atomic E-state index is 15.0. The zero-order valence-electron chi connectivity index (χ0n) is 36.4. The molecule has 2 saturated heterocycles. The summed E-state index contributed by atoms with van der Waals surface area (Å²) < 4.78 is 49.3. The molecule has 0 radical (unpaired) electrons. The van der Waals surface area contributed by atoms with Crippen molar-refractivity contribution in [3.63, 3.8) is 0 Å². The fourth-order valence-electron chi connectivity index (χ4n) is 9.72. The Morgan fingerprint density at radius 3 is 2.41 bits per heavy atom. The first kappa shape index (κ1) is 44.3. The molecule has 0 bridgehead atoms. The van der Waals surface area contributed by atoms with Gasteiger partial charge >= 0.3 is 6.18 Å². The number of likely N-dealkylation sites (tertiary alicyclic amines) is 1. The number of nitrogens with zero attached hydrogens (tertiary/aromatic N) is 10. The van der Waals surface area contributed by atoms with E-state index in [1.165, 1.54) is 10.8 Å². The molecule has 9 rings (SSSR count). The molecule has 6 aromatic rings. The summed E-state index contributed by atoms with van der Waals surface area (Å²) in [4.78, 5) is 65.3. The van der Waals surface area contributed by atoms with E-state index in [2.05, 4.69) is 26.3 Å². The number of rotatable bonds is 9. The number of ether oxygens (including phenoxy) is 1. The van der Waals surface area contributed by atoms with E-state index in [4.69, 9.17) is 31.4 Å². The number of halogens is 4. The number of pyridine rings is 1. The maximum absolute atomic E-state index is 15.0. The third-order valence-electron chi connectivity index (χ3n) is 13.1. The van der Waals surface area contributed by atoms with Crippen molar-refractivity contribution in [1.29, 1.82) is 5.26 Å². The molecule has 6 heterocycles. The van der Waals surface area contributed by atoms with Crippen molar-refractivity contribution in [3.05, 3.63) is 122 Å². The Labute approximate surface area is 382 Å². The topological polar surface area (TPSA) is 177 Å². The lowest BCUT2D eigenvalue weighted by atomic mass is 9.73. The highest BCUT2D eigenvalue weighted by Crippen LogP contribution is 2.51. The van der Waals surface area contributed by atoms with Crippen molar-refractivity contribution >= 4 is 40.7 Å². The summed E-state index contributed by atoms with van der Waals surface area (Å²) in [5.41, 5.74) is 1.77. The summed E-state index contributed by atoms with van der Waals surface area (Å²) in [6, 6.07) is 18.3. The van der Waals surface area contributed by atoms with E-state index in [9.17, 15) is 32.8 Å². The Morgan fingerprint density at radius 1 is 0.985 bits per heavy atom. The number of alkyl halides is 3. The van der Waals surface area contributed by atoms with Crippen LogP contribution in [-0.4, -0.2) is 77.0 Å². The van der Waals surface area contributed by atoms with Crippen LogP contribution in [0.3, 0.4) is 0 Å². The average Bonchev–Trinajstić information content (AvgIpc) is 3.87. The van der Waals surface area contributed by atoms with E-state index in [1.807, 2.05) is 56.3 Å². The summed E-state index contributed by atoms with van der Waals surface area (Å²) in [5.74, 6) is 0.185. The number of amides is 2. The third-order valence-corrected chi connectivity index (χ3v) is 13.4. The molecule has 1 aliphatic carbocycles. The minimum atomic E-state index is -4.63. The van der Waals surface area contributed by atoms with Gasteiger partial charge in [0.05, 0.1) is 33.7 Å². The Hall–Kier alpha value is -6.87. The van der Waals surface area contributed by atoms with Crippen LogP contribution in [0.4, 0.5) is 24.7 Å². The molecule has 1 N–H and O–H groups in total. The maximum Gasteiger partial charge on any atom is 0.416 e. The quantitative estimate of drug-likeness (QED) is 0.151. The lowest BCUT2D eigenvalue weighted by Crippen LogP contribution is -2.47. The predicted octanol–water partition coefficient (Wildman–Crippen LogP) is 7.67. The van der Waals surface area contributed by atoms with Gasteiger partial charge in [-0.05, 0) is 87.8 Å². The molecule has 19 heteroatoms. The highest BCUT2D eigenvalue weighted by molar-refractivity contribution is 6.33. The van der Waals surface area contributed by atoms with Gasteiger partial charge in [0.25, 0.3) is 11.5 Å². The number of benzene rings is 2. The van der Waals surface area contributed by atoms with Crippen LogP contribution in [0.25, 0.3) is 17.2 Å². The van der Waals surface area contributed by atoms with Gasteiger partial charge in [0, 0.05) is 54.3 Å². The van der Waals surface area contributed by atoms with Gasteiger partial charge in [-0.25, -0.2) is 15.0 Å². The third kappa shape index (κ3) is 8.31. The molecule has 340 valence electrons. The molecule has 2 aliphatic heterocycles. The van der Waals surface area contributed by atoms with Gasteiger partial charge in [-0.2, -0.15) is 27.9 Å². The monoisotopic (exact) mass is 919 g/mol. The summed E-state index contributed by atoms with van der Waals surface area (Å²) in [6.45, 7) is 7.39. The number of piperidine rings is 2. The number of anilines is 2. The number of aromatic nitrogens is 7. The first-order valence-corrected chi connectivity index (χ1v) is 22.1. The van der Waals surface area contributed by atoms with Crippen molar-refractivity contribution in [2.45, 2.75) is 83.5 Å². The normalized spacial score (nSPS) is 17.2. The van der Waals surface area contributed by atoms with Gasteiger partial charge in [0.15, 0.2) is 17.3 Å². The van der Waals surface area contributed by atoms with Gasteiger partial charge in [-0.15, -0.1) is 5.10 Å². The minimum absolute atomic E-state index is 0.0108. The van der Waals surface area contributed by atoms with E-state index in [0.717, 1.165) is 42.4 Å². The molecule has 1 atom stereocenters. The summed E-state index contributed by atoms with van der Waals surface area (Å²) in [7, 11) is 0. The van der Waals surface area contributed by atoms with Crippen molar-refractivity contribution in [2.75, 3.05) is 36.4 Å². The van der Waals surface area contributed by atoms with Crippen LogP contribution in [0.2, 0.25) is 5.02 Å². The Bertz CT molecular complexity index is 2970. The fourth-order valence-corrected chi connectivity index (χ4v) is 9.95. The smallest absolute Gasteiger partial charge is 0.416 e. The van der Waals surface area contributed by atoms with Crippen LogP contribution < -0.4 is 20.5 Å². The van der Waals surface area contributed by atoms with Crippen LogP contribution in [0.5, 0.6) is 5.75 Å². The largest absolute Gasteiger partial charge is 0.485 e. The second kappa shape index (κ2) is 17.5. The Morgan fingerprint density at radius 2 is 1.73 bits per heavy atom. The van der Waals surface area contributed by atoms with Crippen LogP contribution in [0.1, 0.15) is 89.2 Å². The van der Waals surface area contributed by atoms with Gasteiger partial charge < -0.3 is 24.4 Å². The standard InChI is InChI=1S/C47H45ClF3N11O4/c1-27-22-46(15-19-60(20-16-46)44(65)39-41(29(3)53-26-54-39)66-25-31-7-5-4-6-8-31)38-40(27)61(24-37(63)56-35-11-9-32(21-34(35)48)47(49,50)51)45-57-42(58-62(45)43(38)64)33-10-12-36(55-28(33)2)59-17-13-30(23-52)14-18-59/h4-12,21,26-27,30H,13-20,22,24-25H2,1-3H3,(H,56,63). The molecule has 4 aromatic heterocycles. The van der Waals surface area contributed by atoms with Crippen LogP contribution in [0, 0.1) is 31.1 Å². The molecule has 0 saturated carbocycles. The second-order valence-electron chi connectivity index (χ2n) is 17.3. The SMILES string of the molecule is Cc1nc(N2CCC(C#N)CC2)ccc1-c1nc2n(CC(=O)Nc3ccc(C(F)(F)F)cc3Cl)c3c(c(=O)n2n1)C1(CCN(C(=O)c2ncnc(C)c2OCc2ccccc2)CC1)CC3C. The highest BCUT2D eigenvalue weighted by atomic mass is 35.5. The van der Waals surface area contributed by atoms with Crippen molar-refractivity contribution < 1.29 is 27.5 Å². The van der Waals surface area contributed by atoms with E-state index >= 15 is 0 Å². The molecular formula is C47H45ClF3N11O4. The molecule has 2 amide bonds. The van der Waals surface area contributed by atoms with E-state index in [1.54, 1.807) is 16.4 Å². The van der Waals surface area contributed by atoms with Crippen molar-refractivity contribution in [3.8, 4) is 23.2 Å². The second-order valence-corrected chi connectivity index (χ2v) is 17.7. The number of hydrogen-bond donors (Lipinski definition) is 1. The van der Waals surface area contributed by atoms with Crippen LogP contribution >= 0.6 is 11.6 Å². The van der Waals surface area contributed by atoms with Gasteiger partial charge in [-0.1, -0.05) is 48.9 Å². The van der Waals surface area contributed by atoms with E-state index < -0.39 is 28.6 Å². The molecular weight excluding hydrogens is 875 g/mol. The zero-order valence-corrected chi connectivity index (χ0v) is 37.2. The number of fused-ring (bicyclic) bond motifs is 3. The molecule has 66 heavy (non-hydrogen) atoms. The molecule has 2 fully saturated rings. The van der Waals surface area contributed by atoms with Crippen molar-refractivity contribution in [2.24, 2.45) is 5.92 Å². The Kier molecular flexibility index (Phi) is 11.8. The molecule has 2 aromatic carbocycles. The minimum Gasteiger partial charge on any atom is -0.485 e. The van der Waals surface area contributed by atoms with Gasteiger partial charge in [-0.3, -0.25) is 14.4 Å². The molecule has 3 aliphatic rings. The highest BCUT2D eigenvalue weighted by Gasteiger charge is 2.49. The lowest BCUT2D eigenvalue weighted by Gasteiger charge is -2.39.